The zero-order valence-electron chi connectivity index (χ0n) is 16.3. The van der Waals surface area contributed by atoms with Crippen molar-refractivity contribution in [1.82, 2.24) is 16.2 Å². The molecule has 156 valence electrons. The second-order valence-corrected chi connectivity index (χ2v) is 8.64. The van der Waals surface area contributed by atoms with Crippen molar-refractivity contribution in [2.45, 2.75) is 13.8 Å². The maximum atomic E-state index is 12.6. The lowest BCUT2D eigenvalue weighted by Gasteiger charge is -2.14. The van der Waals surface area contributed by atoms with E-state index in [0.29, 0.717) is 33.7 Å². The van der Waals surface area contributed by atoms with Gasteiger partial charge in [-0.1, -0.05) is 55.8 Å². The molecule has 1 aromatic heterocycles. The number of benzene rings is 2. The normalized spacial score (nSPS) is 10.7. The van der Waals surface area contributed by atoms with Crippen LogP contribution in [0.25, 0.3) is 10.1 Å². The molecule has 3 aromatic rings. The van der Waals surface area contributed by atoms with Crippen LogP contribution in [0, 0.1) is 5.92 Å². The maximum absolute atomic E-state index is 12.6. The van der Waals surface area contributed by atoms with Gasteiger partial charge < -0.3 is 4.74 Å². The fourth-order valence-corrected chi connectivity index (χ4v) is 4.12. The van der Waals surface area contributed by atoms with Gasteiger partial charge in [-0.3, -0.25) is 25.8 Å². The summed E-state index contributed by atoms with van der Waals surface area (Å²) in [5.74, 6) is -0.105. The summed E-state index contributed by atoms with van der Waals surface area (Å²) in [5, 5.41) is 3.66. The molecule has 9 heteroatoms. The van der Waals surface area contributed by atoms with Crippen LogP contribution in [0.2, 0.25) is 5.02 Å². The second-order valence-electron chi connectivity index (χ2n) is 6.80. The van der Waals surface area contributed by atoms with Gasteiger partial charge in [0, 0.05) is 10.1 Å². The van der Waals surface area contributed by atoms with Crippen molar-refractivity contribution in [3.8, 4) is 5.75 Å². The molecule has 0 atom stereocenters. The van der Waals surface area contributed by atoms with Crippen LogP contribution in [0.4, 0.5) is 0 Å². The quantitative estimate of drug-likeness (QED) is 0.384. The third-order valence-electron chi connectivity index (χ3n) is 3.96. The third kappa shape index (κ3) is 5.27. The highest BCUT2D eigenvalue weighted by Gasteiger charge is 2.18. The van der Waals surface area contributed by atoms with E-state index in [0.717, 1.165) is 10.1 Å². The number of fused-ring (bicyclic) bond motifs is 1. The Labute approximate surface area is 188 Å². The van der Waals surface area contributed by atoms with Crippen LogP contribution < -0.4 is 20.9 Å². The van der Waals surface area contributed by atoms with Gasteiger partial charge in [-0.05, 0) is 36.3 Å². The first-order valence-electron chi connectivity index (χ1n) is 9.17. The highest BCUT2D eigenvalue weighted by Crippen LogP contribution is 2.34. The molecular weight excluding hydrogens is 442 g/mol. The number of hydrogen-bond acceptors (Lipinski definition) is 5. The predicted octanol–water partition coefficient (Wildman–Crippen LogP) is 4.54. The Kier molecular flexibility index (Phi) is 7.25. The van der Waals surface area contributed by atoms with E-state index in [1.54, 1.807) is 24.3 Å². The summed E-state index contributed by atoms with van der Waals surface area (Å²) in [6.07, 6.45) is 0. The molecule has 0 unspecified atom stereocenters. The number of hydrogen-bond donors (Lipinski definition) is 3. The largest absolute Gasteiger partial charge is 0.492 e. The van der Waals surface area contributed by atoms with Gasteiger partial charge in [0.25, 0.3) is 11.8 Å². The third-order valence-corrected chi connectivity index (χ3v) is 5.84. The van der Waals surface area contributed by atoms with Crippen molar-refractivity contribution in [1.29, 1.82) is 0 Å². The lowest BCUT2D eigenvalue weighted by molar-refractivity contribution is 0.0937. The summed E-state index contributed by atoms with van der Waals surface area (Å²) in [6.45, 7) is 4.53. The molecule has 0 aliphatic carbocycles. The van der Waals surface area contributed by atoms with E-state index in [1.807, 2.05) is 38.1 Å². The summed E-state index contributed by atoms with van der Waals surface area (Å²) in [4.78, 5) is 25.4. The fraction of sp³-hybridized carbons (Fsp3) is 0.190. The van der Waals surface area contributed by atoms with Crippen molar-refractivity contribution >= 4 is 62.2 Å². The second kappa shape index (κ2) is 9.88. The molecule has 0 bridgehead atoms. The van der Waals surface area contributed by atoms with Crippen molar-refractivity contribution in [3.05, 3.63) is 64.0 Å². The summed E-state index contributed by atoms with van der Waals surface area (Å²) >= 11 is 12.7. The average molecular weight is 462 g/mol. The van der Waals surface area contributed by atoms with Gasteiger partial charge in [0.2, 0.25) is 0 Å². The van der Waals surface area contributed by atoms with Gasteiger partial charge in [-0.15, -0.1) is 11.3 Å². The number of hydrazine groups is 1. The molecule has 0 saturated heterocycles. The van der Waals surface area contributed by atoms with E-state index < -0.39 is 11.8 Å². The summed E-state index contributed by atoms with van der Waals surface area (Å²) in [6, 6.07) is 14.4. The maximum Gasteiger partial charge on any atom is 0.281 e. The lowest BCUT2D eigenvalue weighted by atomic mass is 10.2. The first-order chi connectivity index (χ1) is 14.4. The van der Waals surface area contributed by atoms with E-state index in [4.69, 9.17) is 28.6 Å². The van der Waals surface area contributed by atoms with Gasteiger partial charge in [0.15, 0.2) is 5.11 Å². The van der Waals surface area contributed by atoms with Gasteiger partial charge >= 0.3 is 0 Å². The lowest BCUT2D eigenvalue weighted by Crippen LogP contribution is -2.48. The number of amides is 2. The minimum absolute atomic E-state index is 0.0516. The Bertz CT molecular complexity index is 1100. The molecule has 0 saturated carbocycles. The molecule has 0 spiro atoms. The number of nitrogens with one attached hydrogen (secondary N) is 3. The summed E-state index contributed by atoms with van der Waals surface area (Å²) in [5.41, 5.74) is 5.34. The van der Waals surface area contributed by atoms with E-state index in [1.165, 1.54) is 11.3 Å². The van der Waals surface area contributed by atoms with Crippen LogP contribution in [0.15, 0.2) is 48.5 Å². The Morgan fingerprint density at radius 2 is 1.77 bits per heavy atom. The van der Waals surface area contributed by atoms with E-state index >= 15 is 0 Å². The standard InChI is InChI=1S/C21H20ClN3O3S2/c1-12(2)11-28-15-9-5-3-7-13(15)19(26)23-21(29)25-24-20(27)18-17(22)14-8-4-6-10-16(14)30-18/h3-10,12H,11H2,1-2H3,(H,24,27)(H2,23,25,26,29). The summed E-state index contributed by atoms with van der Waals surface area (Å²) in [7, 11) is 0. The highest BCUT2D eigenvalue weighted by atomic mass is 35.5. The monoisotopic (exact) mass is 461 g/mol. The first-order valence-corrected chi connectivity index (χ1v) is 10.8. The number of carbonyl (C=O) groups is 2. The Morgan fingerprint density at radius 3 is 2.50 bits per heavy atom. The first kappa shape index (κ1) is 22.0. The molecule has 0 fully saturated rings. The Balaban J connectivity index is 1.60. The summed E-state index contributed by atoms with van der Waals surface area (Å²) < 4.78 is 6.60. The number of para-hydroxylation sites is 1. The number of halogens is 1. The van der Waals surface area contributed by atoms with Gasteiger partial charge in [-0.25, -0.2) is 0 Å². The Hall–Kier alpha value is -2.68. The van der Waals surface area contributed by atoms with E-state index in [9.17, 15) is 9.59 Å². The average Bonchev–Trinajstić information content (AvgIpc) is 3.07. The number of carbonyl (C=O) groups excluding carboxylic acids is 2. The van der Waals surface area contributed by atoms with Crippen molar-refractivity contribution in [2.24, 2.45) is 5.92 Å². The van der Waals surface area contributed by atoms with Crippen molar-refractivity contribution in [3.63, 3.8) is 0 Å². The zero-order chi connectivity index (χ0) is 21.7. The highest BCUT2D eigenvalue weighted by molar-refractivity contribution is 7.80. The molecule has 3 N–H and O–H groups in total. The van der Waals surface area contributed by atoms with Gasteiger partial charge in [0.05, 0.1) is 17.2 Å². The van der Waals surface area contributed by atoms with Crippen LogP contribution in [-0.2, 0) is 0 Å². The zero-order valence-corrected chi connectivity index (χ0v) is 18.7. The molecule has 3 rings (SSSR count). The fourth-order valence-electron chi connectivity index (χ4n) is 2.57. The van der Waals surface area contributed by atoms with Crippen LogP contribution in [0.3, 0.4) is 0 Å². The van der Waals surface area contributed by atoms with Gasteiger partial charge in [-0.2, -0.15) is 0 Å². The number of thiocarbonyl (C=S) groups is 1. The number of thiophene rings is 1. The smallest absolute Gasteiger partial charge is 0.281 e. The molecule has 0 radical (unpaired) electrons. The Morgan fingerprint density at radius 1 is 1.07 bits per heavy atom. The van der Waals surface area contributed by atoms with Crippen molar-refractivity contribution < 1.29 is 14.3 Å². The molecule has 2 aromatic carbocycles. The van der Waals surface area contributed by atoms with Crippen LogP contribution in [0.1, 0.15) is 33.9 Å². The van der Waals surface area contributed by atoms with Crippen LogP contribution in [-0.4, -0.2) is 23.5 Å². The molecule has 0 aliphatic heterocycles. The van der Waals surface area contributed by atoms with E-state index in [2.05, 4.69) is 16.2 Å². The van der Waals surface area contributed by atoms with Crippen LogP contribution >= 0.6 is 35.2 Å². The molecule has 2 amide bonds. The van der Waals surface area contributed by atoms with E-state index in [-0.39, 0.29) is 5.11 Å². The number of rotatable bonds is 5. The molecule has 0 aliphatic rings. The van der Waals surface area contributed by atoms with Crippen molar-refractivity contribution in [2.75, 3.05) is 6.61 Å². The molecule has 30 heavy (non-hydrogen) atoms. The minimum Gasteiger partial charge on any atom is -0.492 e. The minimum atomic E-state index is -0.446. The topological polar surface area (TPSA) is 79.5 Å². The molecule has 6 nitrogen and oxygen atoms in total. The molecule has 1 heterocycles. The number of ether oxygens (including phenoxy) is 1. The predicted molar refractivity (Wildman–Crippen MR) is 124 cm³/mol. The van der Waals surface area contributed by atoms with Crippen LogP contribution in [0.5, 0.6) is 5.75 Å². The SMILES string of the molecule is CC(C)COc1ccccc1C(=O)NC(=S)NNC(=O)c1sc2ccccc2c1Cl. The van der Waals surface area contributed by atoms with Gasteiger partial charge in [0.1, 0.15) is 10.6 Å². The molecular formula is C21H20ClN3O3S2.